The van der Waals surface area contributed by atoms with E-state index in [1.807, 2.05) is 0 Å². The smallest absolute Gasteiger partial charge is 0.234 e. The van der Waals surface area contributed by atoms with Gasteiger partial charge in [-0.1, -0.05) is 20.8 Å². The average molecular weight is 230 g/mol. The third kappa shape index (κ3) is 1.49. The van der Waals surface area contributed by atoms with Crippen LogP contribution in [0.15, 0.2) is 0 Å². The van der Waals surface area contributed by atoms with E-state index in [1.54, 1.807) is 6.92 Å². The Labute approximate surface area is 97.1 Å². The van der Waals surface area contributed by atoms with Gasteiger partial charge in [-0.2, -0.15) is 0 Å². The van der Waals surface area contributed by atoms with E-state index in [4.69, 9.17) is 11.8 Å². The molecule has 3 rings (SSSR count). The van der Waals surface area contributed by atoms with Crippen molar-refractivity contribution in [3.63, 3.8) is 0 Å². The fourth-order valence-electron chi connectivity index (χ4n) is 3.66. The minimum atomic E-state index is -0.0207. The number of halogens is 1. The fourth-order valence-corrected chi connectivity index (χ4v) is 3.91. The first-order valence-corrected chi connectivity index (χ1v) is 6.15. The molecule has 2 nitrogen and oxygen atoms in total. The molecule has 2 bridgehead atoms. The molecular weight excluding hydrogens is 210 g/mol. The Kier molecular flexibility index (Phi) is 2.53. The molecular formula is C12H20ClNO. The number of hydrogen-bond donors (Lipinski definition) is 0. The highest BCUT2D eigenvalue weighted by atomic mass is 35.5. The van der Waals surface area contributed by atoms with Crippen LogP contribution in [0.5, 0.6) is 0 Å². The maximum atomic E-state index is 11.3. The van der Waals surface area contributed by atoms with Crippen molar-refractivity contribution in [2.75, 3.05) is 0 Å². The van der Waals surface area contributed by atoms with Crippen molar-refractivity contribution >= 4 is 17.7 Å². The van der Waals surface area contributed by atoms with E-state index in [-0.39, 0.29) is 11.9 Å². The van der Waals surface area contributed by atoms with Crippen molar-refractivity contribution in [3.8, 4) is 0 Å². The van der Waals surface area contributed by atoms with Crippen LogP contribution < -0.4 is 0 Å². The van der Waals surface area contributed by atoms with Crippen molar-refractivity contribution in [2.24, 2.45) is 23.2 Å². The van der Waals surface area contributed by atoms with Gasteiger partial charge < -0.3 is 0 Å². The predicted molar refractivity (Wildman–Crippen MR) is 61.3 cm³/mol. The summed E-state index contributed by atoms with van der Waals surface area (Å²) in [5, 5.41) is 0. The Hall–Kier alpha value is -0.240. The summed E-state index contributed by atoms with van der Waals surface area (Å²) >= 11 is 6.05. The molecule has 4 unspecified atom stereocenters. The molecule has 15 heavy (non-hydrogen) atoms. The first-order valence-electron chi connectivity index (χ1n) is 5.81. The average Bonchev–Trinajstić information content (AvgIpc) is 2.15. The summed E-state index contributed by atoms with van der Waals surface area (Å²) in [6, 6.07) is 0.251. The van der Waals surface area contributed by atoms with E-state index >= 15 is 0 Å². The number of nitrogens with zero attached hydrogens (tertiary/aromatic N) is 1. The molecule has 3 aliphatic rings. The van der Waals surface area contributed by atoms with E-state index in [0.29, 0.717) is 11.3 Å². The fraction of sp³-hybridized carbons (Fsp3) is 0.917. The normalized spacial score (nSPS) is 41.9. The van der Waals surface area contributed by atoms with Crippen LogP contribution in [0.25, 0.3) is 0 Å². The lowest BCUT2D eigenvalue weighted by molar-refractivity contribution is -0.145. The maximum Gasteiger partial charge on any atom is 0.234 e. The SMILES string of the molecule is CC(=O)N(Cl)C1CC2CC(C1C)C2(C)C. The van der Waals surface area contributed by atoms with Crippen molar-refractivity contribution in [1.82, 2.24) is 4.42 Å². The first kappa shape index (κ1) is 11.3. The lowest BCUT2D eigenvalue weighted by atomic mass is 9.45. The zero-order valence-electron chi connectivity index (χ0n) is 9.96. The number of rotatable bonds is 1. The molecule has 0 N–H and O–H groups in total. The van der Waals surface area contributed by atoms with Gasteiger partial charge in [0.05, 0.1) is 6.04 Å². The molecule has 0 heterocycles. The summed E-state index contributed by atoms with van der Waals surface area (Å²) in [6.07, 6.45) is 2.40. The van der Waals surface area contributed by atoms with Gasteiger partial charge >= 0.3 is 0 Å². The highest BCUT2D eigenvalue weighted by Gasteiger charge is 2.57. The van der Waals surface area contributed by atoms with Crippen molar-refractivity contribution in [2.45, 2.75) is 46.6 Å². The quantitative estimate of drug-likeness (QED) is 0.633. The molecule has 3 fully saturated rings. The number of carbonyl (C=O) groups is 1. The van der Waals surface area contributed by atoms with Gasteiger partial charge in [-0.15, -0.1) is 0 Å². The van der Waals surface area contributed by atoms with Crippen LogP contribution in [0.3, 0.4) is 0 Å². The van der Waals surface area contributed by atoms with E-state index in [1.165, 1.54) is 10.8 Å². The van der Waals surface area contributed by atoms with Gasteiger partial charge in [-0.05, 0) is 36.0 Å². The van der Waals surface area contributed by atoms with Crippen LogP contribution in [0, 0.1) is 23.2 Å². The third-order valence-electron chi connectivity index (χ3n) is 4.91. The molecule has 0 saturated heterocycles. The number of amides is 1. The third-order valence-corrected chi connectivity index (χ3v) is 5.39. The number of carbonyl (C=O) groups excluding carboxylic acids is 1. The lowest BCUT2D eigenvalue weighted by Gasteiger charge is -2.62. The number of hydrogen-bond acceptors (Lipinski definition) is 1. The van der Waals surface area contributed by atoms with Crippen molar-refractivity contribution in [3.05, 3.63) is 0 Å². The zero-order chi connectivity index (χ0) is 11.4. The topological polar surface area (TPSA) is 20.3 Å². The van der Waals surface area contributed by atoms with Gasteiger partial charge in [0.1, 0.15) is 0 Å². The summed E-state index contributed by atoms with van der Waals surface area (Å²) in [6.45, 7) is 8.49. The molecule has 0 radical (unpaired) electrons. The van der Waals surface area contributed by atoms with E-state index < -0.39 is 0 Å². The van der Waals surface area contributed by atoms with E-state index in [9.17, 15) is 4.79 Å². The Morgan fingerprint density at radius 1 is 1.40 bits per heavy atom. The van der Waals surface area contributed by atoms with Gasteiger partial charge in [-0.25, -0.2) is 0 Å². The summed E-state index contributed by atoms with van der Waals surface area (Å²) in [4.78, 5) is 11.3. The van der Waals surface area contributed by atoms with Gasteiger partial charge in [0, 0.05) is 18.7 Å². The van der Waals surface area contributed by atoms with Crippen LogP contribution in [0.4, 0.5) is 0 Å². The van der Waals surface area contributed by atoms with Crippen molar-refractivity contribution in [1.29, 1.82) is 0 Å². The highest BCUT2D eigenvalue weighted by molar-refractivity contribution is 6.21. The van der Waals surface area contributed by atoms with Gasteiger partial charge in [0.25, 0.3) is 0 Å². The Balaban J connectivity index is 2.12. The van der Waals surface area contributed by atoms with E-state index in [0.717, 1.165) is 18.3 Å². The van der Waals surface area contributed by atoms with E-state index in [2.05, 4.69) is 20.8 Å². The molecule has 0 aromatic carbocycles. The molecule has 3 saturated carbocycles. The van der Waals surface area contributed by atoms with Gasteiger partial charge in [0.15, 0.2) is 0 Å². The Morgan fingerprint density at radius 3 is 2.40 bits per heavy atom. The lowest BCUT2D eigenvalue weighted by Crippen LogP contribution is -2.59. The molecule has 0 aromatic rings. The Bertz CT molecular complexity index is 289. The molecule has 0 aliphatic heterocycles. The summed E-state index contributed by atoms with van der Waals surface area (Å²) in [5.74, 6) is 2.00. The van der Waals surface area contributed by atoms with Crippen LogP contribution in [0.2, 0.25) is 0 Å². The van der Waals surface area contributed by atoms with Crippen LogP contribution in [0.1, 0.15) is 40.5 Å². The minimum Gasteiger partial charge on any atom is -0.274 e. The van der Waals surface area contributed by atoms with Crippen LogP contribution in [-0.4, -0.2) is 16.4 Å². The summed E-state index contributed by atoms with van der Waals surface area (Å²) in [7, 11) is 0. The van der Waals surface area contributed by atoms with Crippen molar-refractivity contribution < 1.29 is 4.79 Å². The molecule has 86 valence electrons. The highest BCUT2D eigenvalue weighted by Crippen LogP contribution is 2.62. The second kappa shape index (κ2) is 3.38. The molecule has 4 atom stereocenters. The zero-order valence-corrected chi connectivity index (χ0v) is 10.7. The molecule has 1 amide bonds. The minimum absolute atomic E-state index is 0.0207. The molecule has 0 spiro atoms. The standard InChI is InChI=1S/C12H20ClNO/c1-7-10-5-9(12(10,3)4)6-11(7)14(13)8(2)15/h7,9-11H,5-6H2,1-4H3. The second-order valence-electron chi connectivity index (χ2n) is 5.85. The molecule has 3 aliphatic carbocycles. The number of fused-ring (bicyclic) bond motifs is 2. The monoisotopic (exact) mass is 229 g/mol. The van der Waals surface area contributed by atoms with Crippen LogP contribution in [-0.2, 0) is 4.79 Å². The predicted octanol–water partition coefficient (Wildman–Crippen LogP) is 3.06. The summed E-state index contributed by atoms with van der Waals surface area (Å²) < 4.78 is 1.43. The largest absolute Gasteiger partial charge is 0.274 e. The van der Waals surface area contributed by atoms with Crippen LogP contribution >= 0.6 is 11.8 Å². The maximum absolute atomic E-state index is 11.3. The second-order valence-corrected chi connectivity index (χ2v) is 6.22. The Morgan fingerprint density at radius 2 is 2.00 bits per heavy atom. The molecule has 0 aromatic heterocycles. The van der Waals surface area contributed by atoms with Gasteiger partial charge in [0.2, 0.25) is 5.91 Å². The summed E-state index contributed by atoms with van der Waals surface area (Å²) in [5.41, 5.74) is 0.463. The van der Waals surface area contributed by atoms with Gasteiger partial charge in [-0.3, -0.25) is 9.21 Å². The molecule has 3 heteroatoms. The first-order chi connectivity index (χ1) is 6.85.